The van der Waals surface area contributed by atoms with Gasteiger partial charge in [0.05, 0.1) is 11.6 Å². The highest BCUT2D eigenvalue weighted by molar-refractivity contribution is 6.30. The predicted molar refractivity (Wildman–Crippen MR) is 113 cm³/mol. The summed E-state index contributed by atoms with van der Waals surface area (Å²) >= 11 is 6.18. The normalized spacial score (nSPS) is 17.6. The van der Waals surface area contributed by atoms with E-state index < -0.39 is 12.0 Å². The summed E-state index contributed by atoms with van der Waals surface area (Å²) in [6.07, 6.45) is -0.402. The van der Waals surface area contributed by atoms with E-state index >= 15 is 0 Å². The van der Waals surface area contributed by atoms with Crippen molar-refractivity contribution in [2.24, 2.45) is 0 Å². The number of fused-ring (bicyclic) bond motifs is 1. The van der Waals surface area contributed by atoms with E-state index in [2.05, 4.69) is 26.3 Å². The van der Waals surface area contributed by atoms with Gasteiger partial charge in [-0.25, -0.2) is 18.7 Å². The molecule has 1 aliphatic carbocycles. The third-order valence-corrected chi connectivity index (χ3v) is 6.05. The number of nitriles is 2. The number of nitrogens with zero attached hydrogens (tertiary/aromatic N) is 5. The van der Waals surface area contributed by atoms with Gasteiger partial charge in [0.25, 0.3) is 5.92 Å². The van der Waals surface area contributed by atoms with Crippen LogP contribution in [0, 0.1) is 29.6 Å². The fourth-order valence-corrected chi connectivity index (χ4v) is 4.32. The van der Waals surface area contributed by atoms with Crippen molar-refractivity contribution in [2.75, 3.05) is 18.4 Å². The van der Waals surface area contributed by atoms with Crippen LogP contribution in [0.1, 0.15) is 40.8 Å². The van der Waals surface area contributed by atoms with Crippen LogP contribution in [0.2, 0.25) is 5.15 Å². The number of hydrogen-bond donors (Lipinski definition) is 1. The molecule has 1 N–H and O–H groups in total. The Bertz CT molecular complexity index is 1120. The molecule has 7 nitrogen and oxygen atoms in total. The summed E-state index contributed by atoms with van der Waals surface area (Å²) in [5.74, 6) is -1.75. The molecule has 0 bridgehead atoms. The number of hydrogen-bond acceptors (Lipinski definition) is 7. The van der Waals surface area contributed by atoms with Crippen LogP contribution in [-0.2, 0) is 19.5 Å². The summed E-state index contributed by atoms with van der Waals surface area (Å²) in [7, 11) is 0. The lowest BCUT2D eigenvalue weighted by Crippen LogP contribution is -2.43. The van der Waals surface area contributed by atoms with E-state index in [0.717, 1.165) is 22.4 Å². The lowest BCUT2D eigenvalue weighted by molar-refractivity contribution is -0.135. The Balaban J connectivity index is 1.48. The Labute approximate surface area is 189 Å². The van der Waals surface area contributed by atoms with Gasteiger partial charge in [-0.05, 0) is 24.5 Å². The molecule has 2 aromatic rings. The van der Waals surface area contributed by atoms with Gasteiger partial charge in [-0.15, -0.1) is 0 Å². The molecule has 0 atom stereocenters. The standard InChI is InChI=1S/C22H21ClF2N6O/c1-13-14(2-3-19(29-13)32-15-8-22(24,25)9-15)11-31-7-4-16-17(10-27)20(23)30-21(18(16)12-31)28-6-5-26/h2-3,15H,4,6-9,11-12H2,1H3,(H,28,30). The molecular weight excluding hydrogens is 438 g/mol. The summed E-state index contributed by atoms with van der Waals surface area (Å²) in [6, 6.07) is 7.78. The molecule has 166 valence electrons. The number of ether oxygens (including phenoxy) is 1. The summed E-state index contributed by atoms with van der Waals surface area (Å²) in [6.45, 7) is 3.82. The topological polar surface area (TPSA) is 97.9 Å². The van der Waals surface area contributed by atoms with Crippen molar-refractivity contribution in [1.82, 2.24) is 14.9 Å². The molecular formula is C22H21ClF2N6O. The van der Waals surface area contributed by atoms with E-state index in [1.54, 1.807) is 6.07 Å². The Morgan fingerprint density at radius 3 is 2.72 bits per heavy atom. The van der Waals surface area contributed by atoms with Gasteiger partial charge in [-0.2, -0.15) is 10.5 Å². The van der Waals surface area contributed by atoms with Crippen LogP contribution in [0.4, 0.5) is 14.6 Å². The summed E-state index contributed by atoms with van der Waals surface area (Å²) in [5, 5.41) is 21.5. The first kappa shape index (κ1) is 22.2. The maximum Gasteiger partial charge on any atom is 0.255 e. The van der Waals surface area contributed by atoms with E-state index in [1.807, 2.05) is 19.1 Å². The monoisotopic (exact) mass is 458 g/mol. The Hall–Kier alpha value is -3.01. The quantitative estimate of drug-likeness (QED) is 0.516. The van der Waals surface area contributed by atoms with Gasteiger partial charge in [0.1, 0.15) is 29.7 Å². The molecule has 2 aliphatic rings. The molecule has 0 saturated heterocycles. The molecule has 0 amide bonds. The third-order valence-electron chi connectivity index (χ3n) is 5.78. The van der Waals surface area contributed by atoms with Crippen molar-refractivity contribution in [2.45, 2.75) is 51.3 Å². The smallest absolute Gasteiger partial charge is 0.255 e. The van der Waals surface area contributed by atoms with Gasteiger partial charge in [0.15, 0.2) is 0 Å². The molecule has 0 radical (unpaired) electrons. The zero-order valence-electron chi connectivity index (χ0n) is 17.5. The number of alkyl halides is 2. The van der Waals surface area contributed by atoms with Crippen molar-refractivity contribution in [3.05, 3.63) is 45.2 Å². The maximum atomic E-state index is 13.0. The first-order valence-electron chi connectivity index (χ1n) is 10.2. The van der Waals surface area contributed by atoms with E-state index in [9.17, 15) is 14.0 Å². The second-order valence-corrected chi connectivity index (χ2v) is 8.42. The Morgan fingerprint density at radius 1 is 1.28 bits per heavy atom. The number of aryl methyl sites for hydroxylation is 1. The number of pyridine rings is 2. The van der Waals surface area contributed by atoms with Crippen LogP contribution >= 0.6 is 11.6 Å². The molecule has 10 heteroatoms. The van der Waals surface area contributed by atoms with Gasteiger partial charge < -0.3 is 10.1 Å². The summed E-state index contributed by atoms with van der Waals surface area (Å²) in [5.41, 5.74) is 3.87. The molecule has 1 fully saturated rings. The van der Waals surface area contributed by atoms with Crippen molar-refractivity contribution in [1.29, 1.82) is 10.5 Å². The molecule has 0 unspecified atom stereocenters. The van der Waals surface area contributed by atoms with Crippen LogP contribution < -0.4 is 10.1 Å². The van der Waals surface area contributed by atoms with Crippen molar-refractivity contribution in [3.63, 3.8) is 0 Å². The van der Waals surface area contributed by atoms with Crippen molar-refractivity contribution < 1.29 is 13.5 Å². The van der Waals surface area contributed by atoms with Gasteiger partial charge >= 0.3 is 0 Å². The Morgan fingerprint density at radius 2 is 2.06 bits per heavy atom. The maximum absolute atomic E-state index is 13.0. The number of rotatable bonds is 6. The second-order valence-electron chi connectivity index (χ2n) is 8.07. The molecule has 2 aromatic heterocycles. The van der Waals surface area contributed by atoms with E-state index in [4.69, 9.17) is 21.6 Å². The van der Waals surface area contributed by atoms with Crippen molar-refractivity contribution >= 4 is 17.4 Å². The van der Waals surface area contributed by atoms with Crippen LogP contribution in [0.25, 0.3) is 0 Å². The number of aromatic nitrogens is 2. The zero-order chi connectivity index (χ0) is 22.9. The van der Waals surface area contributed by atoms with Gasteiger partial charge in [0, 0.05) is 49.8 Å². The van der Waals surface area contributed by atoms with E-state index in [0.29, 0.717) is 43.3 Å². The molecule has 3 heterocycles. The molecule has 1 saturated carbocycles. The Kier molecular flexibility index (Phi) is 6.14. The zero-order valence-corrected chi connectivity index (χ0v) is 18.2. The highest BCUT2D eigenvalue weighted by Crippen LogP contribution is 2.39. The number of nitrogens with one attached hydrogen (secondary N) is 1. The average Bonchev–Trinajstić information content (AvgIpc) is 2.73. The largest absolute Gasteiger partial charge is 0.474 e. The lowest BCUT2D eigenvalue weighted by Gasteiger charge is -2.34. The first-order chi connectivity index (χ1) is 15.3. The highest BCUT2D eigenvalue weighted by atomic mass is 35.5. The summed E-state index contributed by atoms with van der Waals surface area (Å²) < 4.78 is 31.6. The fraction of sp³-hybridized carbons (Fsp3) is 0.455. The van der Waals surface area contributed by atoms with Crippen LogP contribution in [0.5, 0.6) is 5.88 Å². The number of halogens is 3. The van der Waals surface area contributed by atoms with Crippen molar-refractivity contribution in [3.8, 4) is 18.0 Å². The molecule has 1 aliphatic heterocycles. The predicted octanol–water partition coefficient (Wildman–Crippen LogP) is 3.98. The fourth-order valence-electron chi connectivity index (χ4n) is 4.08. The van der Waals surface area contributed by atoms with Gasteiger partial charge in [-0.3, -0.25) is 4.90 Å². The molecule has 0 spiro atoms. The van der Waals surface area contributed by atoms with Crippen LogP contribution in [0.15, 0.2) is 12.1 Å². The second kappa shape index (κ2) is 8.85. The highest BCUT2D eigenvalue weighted by Gasteiger charge is 2.47. The molecule has 4 rings (SSSR count). The van der Waals surface area contributed by atoms with E-state index in [-0.39, 0.29) is 24.5 Å². The minimum absolute atomic E-state index is 0.0824. The SMILES string of the molecule is Cc1nc(OC2CC(F)(F)C2)ccc1CN1CCc2c(C#N)c(Cl)nc(NCC#N)c2C1. The van der Waals surface area contributed by atoms with Crippen LogP contribution in [-0.4, -0.2) is 40.0 Å². The van der Waals surface area contributed by atoms with Gasteiger partial charge in [-0.1, -0.05) is 17.7 Å². The minimum Gasteiger partial charge on any atom is -0.474 e. The summed E-state index contributed by atoms with van der Waals surface area (Å²) in [4.78, 5) is 10.9. The van der Waals surface area contributed by atoms with Gasteiger partial charge in [0.2, 0.25) is 5.88 Å². The van der Waals surface area contributed by atoms with Crippen LogP contribution in [0.3, 0.4) is 0 Å². The lowest BCUT2D eigenvalue weighted by atomic mass is 9.91. The molecule has 0 aromatic carbocycles. The average molecular weight is 459 g/mol. The minimum atomic E-state index is -2.63. The number of anilines is 1. The third kappa shape index (κ3) is 4.59. The first-order valence-corrected chi connectivity index (χ1v) is 10.6. The molecule has 32 heavy (non-hydrogen) atoms. The van der Waals surface area contributed by atoms with E-state index in [1.165, 1.54) is 0 Å².